The highest BCUT2D eigenvalue weighted by molar-refractivity contribution is 7.90. The molecule has 1 aliphatic heterocycles. The van der Waals surface area contributed by atoms with Crippen molar-refractivity contribution in [2.45, 2.75) is 55.5 Å². The number of carbonyl (C=O) groups excluding carboxylic acids is 2. The first-order valence-corrected chi connectivity index (χ1v) is 14.3. The zero-order chi connectivity index (χ0) is 28.2. The molecular formula is C28H28F3N3O4S. The van der Waals surface area contributed by atoms with Gasteiger partial charge in [-0.2, -0.15) is 22.8 Å². The van der Waals surface area contributed by atoms with Crippen LogP contribution in [-0.4, -0.2) is 37.6 Å². The number of aromatic nitrogens is 2. The van der Waals surface area contributed by atoms with Gasteiger partial charge >= 0.3 is 12.3 Å². The van der Waals surface area contributed by atoms with Gasteiger partial charge in [0.15, 0.2) is 5.03 Å². The molecule has 1 saturated carbocycles. The van der Waals surface area contributed by atoms with Crippen LogP contribution in [0.5, 0.6) is 0 Å². The van der Waals surface area contributed by atoms with Crippen molar-refractivity contribution in [2.75, 3.05) is 18.0 Å². The van der Waals surface area contributed by atoms with Gasteiger partial charge in [0.05, 0.1) is 22.7 Å². The summed E-state index contributed by atoms with van der Waals surface area (Å²) in [5.74, 6) is 0.772. The molecule has 11 heteroatoms. The van der Waals surface area contributed by atoms with Crippen molar-refractivity contribution < 1.29 is 31.2 Å². The summed E-state index contributed by atoms with van der Waals surface area (Å²) in [6.45, 7) is 3.77. The van der Waals surface area contributed by atoms with Crippen molar-refractivity contribution >= 4 is 21.8 Å². The molecule has 2 aliphatic rings. The Morgan fingerprint density at radius 2 is 1.69 bits per heavy atom. The molecule has 2 fully saturated rings. The molecule has 0 radical (unpaired) electrons. The smallest absolute Gasteiger partial charge is 0.356 e. The first-order valence-electron chi connectivity index (χ1n) is 12.6. The van der Waals surface area contributed by atoms with Crippen LogP contribution in [0.15, 0.2) is 59.6 Å². The summed E-state index contributed by atoms with van der Waals surface area (Å²) in [5, 5.41) is -0.0974. The van der Waals surface area contributed by atoms with Crippen molar-refractivity contribution in [3.8, 4) is 11.3 Å². The molecule has 1 saturated heterocycles. The lowest BCUT2D eigenvalue weighted by molar-refractivity contribution is -0.191. The Kier molecular flexibility index (Phi) is 8.51. The monoisotopic (exact) mass is 559 g/mol. The molecule has 0 amide bonds. The summed E-state index contributed by atoms with van der Waals surface area (Å²) in [6.07, 6.45) is -0.382. The molecule has 5 rings (SSSR count). The predicted octanol–water partition coefficient (Wildman–Crippen LogP) is 5.67. The second-order valence-electron chi connectivity index (χ2n) is 9.93. The van der Waals surface area contributed by atoms with E-state index in [1.54, 1.807) is 30.3 Å². The van der Waals surface area contributed by atoms with Crippen LogP contribution in [0.25, 0.3) is 11.3 Å². The van der Waals surface area contributed by atoms with E-state index < -0.39 is 27.3 Å². The van der Waals surface area contributed by atoms with E-state index in [-0.39, 0.29) is 28.5 Å². The maximum absolute atomic E-state index is 13.9. The topological polar surface area (TPSA) is 97.3 Å². The van der Waals surface area contributed by atoms with Crippen LogP contribution in [0.4, 0.5) is 19.0 Å². The van der Waals surface area contributed by atoms with Crippen LogP contribution in [0, 0.1) is 5.92 Å². The molecule has 3 aromatic rings. The molecule has 39 heavy (non-hydrogen) atoms. The fraction of sp³-hybridized carbons (Fsp3) is 0.393. The van der Waals surface area contributed by atoms with E-state index in [4.69, 9.17) is 9.59 Å². The Balaban J connectivity index is 0.00000112. The lowest BCUT2D eigenvalue weighted by Crippen LogP contribution is -2.35. The van der Waals surface area contributed by atoms with E-state index in [9.17, 15) is 21.6 Å². The van der Waals surface area contributed by atoms with Crippen molar-refractivity contribution in [3.63, 3.8) is 0 Å². The highest BCUT2D eigenvalue weighted by Gasteiger charge is 2.37. The largest absolute Gasteiger partial charge is 0.418 e. The maximum Gasteiger partial charge on any atom is 0.418 e. The average molecular weight is 560 g/mol. The first-order chi connectivity index (χ1) is 18.5. The summed E-state index contributed by atoms with van der Waals surface area (Å²) in [7, 11) is -3.93. The lowest BCUT2D eigenvalue weighted by atomic mass is 9.97. The minimum Gasteiger partial charge on any atom is -0.356 e. The molecule has 0 spiro atoms. The number of benzene rings is 1. The van der Waals surface area contributed by atoms with Gasteiger partial charge in [0, 0.05) is 18.7 Å². The van der Waals surface area contributed by atoms with Gasteiger partial charge in [0.2, 0.25) is 9.84 Å². The van der Waals surface area contributed by atoms with E-state index in [1.807, 2.05) is 6.07 Å². The number of rotatable bonds is 6. The molecule has 0 bridgehead atoms. The number of hydrogen-bond acceptors (Lipinski definition) is 7. The molecule has 1 aromatic carbocycles. The van der Waals surface area contributed by atoms with E-state index >= 15 is 0 Å². The molecule has 2 aromatic heterocycles. The molecule has 1 atom stereocenters. The minimum atomic E-state index is -4.61. The van der Waals surface area contributed by atoms with Gasteiger partial charge in [0.1, 0.15) is 5.82 Å². The number of pyridine rings is 2. The van der Waals surface area contributed by atoms with Gasteiger partial charge in [-0.05, 0) is 67.3 Å². The zero-order valence-electron chi connectivity index (χ0n) is 21.3. The second-order valence-corrected chi connectivity index (χ2v) is 11.9. The summed E-state index contributed by atoms with van der Waals surface area (Å²) in [4.78, 5) is 27.0. The number of piperidine rings is 1. The lowest BCUT2D eigenvalue weighted by Gasteiger charge is -2.32. The summed E-state index contributed by atoms with van der Waals surface area (Å²) in [6, 6.07) is 13.9. The number of nitrogens with zero attached hydrogens (tertiary/aromatic N) is 3. The third-order valence-electron chi connectivity index (χ3n) is 6.84. The normalized spacial score (nSPS) is 17.6. The Hall–Kier alpha value is -3.56. The van der Waals surface area contributed by atoms with Gasteiger partial charge < -0.3 is 4.90 Å². The summed E-state index contributed by atoms with van der Waals surface area (Å²) in [5.41, 5.74) is 0.201. The quantitative estimate of drug-likeness (QED) is 0.384. The van der Waals surface area contributed by atoms with Crippen LogP contribution in [0.3, 0.4) is 0 Å². The van der Waals surface area contributed by atoms with Crippen molar-refractivity contribution in [2.24, 2.45) is 5.92 Å². The predicted molar refractivity (Wildman–Crippen MR) is 137 cm³/mol. The molecule has 3 heterocycles. The van der Waals surface area contributed by atoms with Crippen molar-refractivity contribution in [1.82, 2.24) is 9.97 Å². The highest BCUT2D eigenvalue weighted by atomic mass is 32.2. The van der Waals surface area contributed by atoms with Crippen molar-refractivity contribution in [3.05, 3.63) is 71.4 Å². The van der Waals surface area contributed by atoms with Crippen molar-refractivity contribution in [1.29, 1.82) is 0 Å². The van der Waals surface area contributed by atoms with Gasteiger partial charge in [0.25, 0.3) is 0 Å². The number of halogens is 3. The number of hydrogen-bond donors (Lipinski definition) is 0. The Morgan fingerprint density at radius 3 is 2.36 bits per heavy atom. The fourth-order valence-corrected chi connectivity index (χ4v) is 6.11. The first kappa shape index (κ1) is 28.4. The molecular weight excluding hydrogens is 531 g/mol. The van der Waals surface area contributed by atoms with Gasteiger partial charge in [-0.15, -0.1) is 0 Å². The molecule has 0 N–H and O–H groups in total. The number of anilines is 1. The van der Waals surface area contributed by atoms with E-state index in [1.165, 1.54) is 6.07 Å². The van der Waals surface area contributed by atoms with Crippen LogP contribution in [0.1, 0.15) is 55.3 Å². The molecule has 1 aliphatic carbocycles. The van der Waals surface area contributed by atoms with Crippen LogP contribution in [-0.2, 0) is 31.4 Å². The Bertz CT molecular complexity index is 1470. The third kappa shape index (κ3) is 6.91. The van der Waals surface area contributed by atoms with Crippen LogP contribution >= 0.6 is 0 Å². The fourth-order valence-electron chi connectivity index (χ4n) is 4.90. The SMILES string of the molecule is C[C@@H]1CCCN(c2cccc(S(=O)(=O)Cc3ccc(C(F)(F)F)c(-c4ccccc4C4CC4)n3)n2)C1.O=C=O. The Morgan fingerprint density at radius 1 is 0.974 bits per heavy atom. The van der Waals surface area contributed by atoms with Crippen LogP contribution < -0.4 is 4.90 Å². The maximum atomic E-state index is 13.9. The average Bonchev–Trinajstić information content (AvgIpc) is 3.74. The highest BCUT2D eigenvalue weighted by Crippen LogP contribution is 2.46. The Labute approximate surface area is 225 Å². The summed E-state index contributed by atoms with van der Waals surface area (Å²) < 4.78 is 68.2. The molecule has 0 unspecified atom stereocenters. The number of sulfone groups is 1. The van der Waals surface area contributed by atoms with Crippen LogP contribution in [0.2, 0.25) is 0 Å². The third-order valence-corrected chi connectivity index (χ3v) is 8.38. The van der Waals surface area contributed by atoms with Gasteiger partial charge in [-0.1, -0.05) is 37.3 Å². The van der Waals surface area contributed by atoms with E-state index in [0.29, 0.717) is 17.3 Å². The van der Waals surface area contributed by atoms with E-state index in [2.05, 4.69) is 21.8 Å². The minimum absolute atomic E-state index is 0.0578. The van der Waals surface area contributed by atoms with Gasteiger partial charge in [-0.25, -0.2) is 13.4 Å². The molecule has 7 nitrogen and oxygen atoms in total. The molecule has 206 valence electrons. The van der Waals surface area contributed by atoms with Gasteiger partial charge in [-0.3, -0.25) is 4.98 Å². The summed E-state index contributed by atoms with van der Waals surface area (Å²) >= 11 is 0. The number of alkyl halides is 3. The zero-order valence-corrected chi connectivity index (χ0v) is 22.1. The second kappa shape index (κ2) is 11.7. The standard InChI is InChI=1S/C27H28F3N3O2S.CO2/c1-18-6-5-15-33(16-18)24-9-4-10-25(32-24)36(34,35)17-20-13-14-23(27(28,29)30)26(31-20)22-8-3-2-7-21(22)19-11-12-19;2-1-3/h2-4,7-10,13-14,18-19H,5-6,11-12,15-17H2,1H3;/t18-;/m1./s1. The van der Waals surface area contributed by atoms with E-state index in [0.717, 1.165) is 56.5 Å².